The molecule has 4 rings (SSSR count). The Balaban J connectivity index is 1.44. The molecule has 1 aliphatic rings. The zero-order valence-electron chi connectivity index (χ0n) is 17.3. The number of nitrogens with one attached hydrogen (secondary N) is 1. The molecule has 3 aromatic rings. The summed E-state index contributed by atoms with van der Waals surface area (Å²) in [6.45, 7) is 5.46. The van der Waals surface area contributed by atoms with Crippen LogP contribution in [0, 0.1) is 0 Å². The molecule has 30 heavy (non-hydrogen) atoms. The average molecular weight is 405 g/mol. The molecule has 0 aliphatic carbocycles. The van der Waals surface area contributed by atoms with E-state index in [1.165, 1.54) is 0 Å². The summed E-state index contributed by atoms with van der Waals surface area (Å²) >= 11 is 0. The van der Waals surface area contributed by atoms with Gasteiger partial charge in [0.1, 0.15) is 0 Å². The van der Waals surface area contributed by atoms with Crippen molar-refractivity contribution in [3.05, 3.63) is 83.7 Å². The number of likely N-dealkylation sites (N-methyl/N-ethyl adjacent to an activating group) is 1. The normalized spacial score (nSPS) is 16.3. The molecule has 156 valence electrons. The van der Waals surface area contributed by atoms with Gasteiger partial charge in [0.2, 0.25) is 0 Å². The molecule has 0 bridgehead atoms. The molecule has 1 atom stereocenters. The molecular weight excluding hydrogens is 376 g/mol. The predicted octanol–water partition coefficient (Wildman–Crippen LogP) is 2.04. The van der Waals surface area contributed by atoms with Gasteiger partial charge in [-0.2, -0.15) is 0 Å². The molecular formula is C23H28N6O. The van der Waals surface area contributed by atoms with Crippen molar-refractivity contribution in [2.75, 3.05) is 39.8 Å². The molecule has 1 unspecified atom stereocenters. The van der Waals surface area contributed by atoms with Crippen molar-refractivity contribution in [1.82, 2.24) is 30.1 Å². The number of amides is 1. The lowest BCUT2D eigenvalue weighted by Crippen LogP contribution is -2.47. The Bertz CT molecular complexity index is 935. The van der Waals surface area contributed by atoms with E-state index in [2.05, 4.69) is 44.6 Å². The van der Waals surface area contributed by atoms with Gasteiger partial charge in [0, 0.05) is 32.7 Å². The van der Waals surface area contributed by atoms with E-state index in [4.69, 9.17) is 0 Å². The molecule has 1 aromatic heterocycles. The lowest BCUT2D eigenvalue weighted by atomic mass is 10.1. The third-order valence-corrected chi connectivity index (χ3v) is 5.50. The number of hydrogen-bond donors (Lipinski definition) is 1. The lowest BCUT2D eigenvalue weighted by Gasteiger charge is -2.35. The Kier molecular flexibility index (Phi) is 6.51. The second-order valence-corrected chi connectivity index (χ2v) is 7.83. The second-order valence-electron chi connectivity index (χ2n) is 7.83. The minimum Gasteiger partial charge on any atom is -0.342 e. The number of aromatic nitrogens is 3. The van der Waals surface area contributed by atoms with Crippen LogP contribution in [0.1, 0.15) is 27.7 Å². The zero-order valence-corrected chi connectivity index (χ0v) is 17.3. The summed E-state index contributed by atoms with van der Waals surface area (Å²) in [5, 5.41) is 11.4. The largest absolute Gasteiger partial charge is 0.342 e. The van der Waals surface area contributed by atoms with E-state index in [1.807, 2.05) is 48.5 Å². The highest BCUT2D eigenvalue weighted by Gasteiger charge is 2.22. The van der Waals surface area contributed by atoms with E-state index in [9.17, 15) is 4.79 Å². The fraction of sp³-hybridized carbons (Fsp3) is 0.348. The number of benzene rings is 2. The third-order valence-electron chi connectivity index (χ3n) is 5.50. The van der Waals surface area contributed by atoms with Crippen LogP contribution in [0.3, 0.4) is 0 Å². The summed E-state index contributed by atoms with van der Waals surface area (Å²) in [6.07, 6.45) is 1.71. The van der Waals surface area contributed by atoms with Gasteiger partial charge in [0.05, 0.1) is 18.8 Å². The fourth-order valence-corrected chi connectivity index (χ4v) is 3.69. The molecule has 2 aromatic carbocycles. The van der Waals surface area contributed by atoms with Gasteiger partial charge in [-0.25, -0.2) is 4.68 Å². The Hall–Kier alpha value is -3.03. The van der Waals surface area contributed by atoms with Crippen LogP contribution in [-0.4, -0.2) is 70.5 Å². The summed E-state index contributed by atoms with van der Waals surface area (Å²) in [6, 6.07) is 20.1. The van der Waals surface area contributed by atoms with Gasteiger partial charge >= 0.3 is 0 Å². The van der Waals surface area contributed by atoms with Crippen molar-refractivity contribution in [3.8, 4) is 0 Å². The Morgan fingerprint density at radius 2 is 1.67 bits per heavy atom. The maximum Gasteiger partial charge on any atom is 0.273 e. The summed E-state index contributed by atoms with van der Waals surface area (Å²) < 4.78 is 1.70. The highest BCUT2D eigenvalue weighted by molar-refractivity contribution is 5.92. The van der Waals surface area contributed by atoms with Crippen molar-refractivity contribution >= 4 is 5.91 Å². The summed E-state index contributed by atoms with van der Waals surface area (Å²) in [5.41, 5.74) is 2.55. The molecule has 1 N–H and O–H groups in total. The lowest BCUT2D eigenvalue weighted by molar-refractivity contribution is 0.0902. The van der Waals surface area contributed by atoms with Gasteiger partial charge in [0.25, 0.3) is 5.91 Å². The van der Waals surface area contributed by atoms with E-state index >= 15 is 0 Å². The monoisotopic (exact) mass is 404 g/mol. The van der Waals surface area contributed by atoms with Crippen molar-refractivity contribution in [3.63, 3.8) is 0 Å². The second kappa shape index (κ2) is 9.65. The first-order valence-corrected chi connectivity index (χ1v) is 10.4. The standard InChI is InChI=1S/C23H28N6O/c1-27-12-14-28(15-13-27)17-21(20-10-6-3-7-11-20)24-23(30)22-18-29(26-25-22)16-19-8-4-2-5-9-19/h2-11,18,21H,12-17H2,1H3,(H,24,30). The molecule has 1 fully saturated rings. The van der Waals surface area contributed by atoms with E-state index in [1.54, 1.807) is 10.9 Å². The number of piperazine rings is 1. The number of rotatable bonds is 7. The van der Waals surface area contributed by atoms with Gasteiger partial charge in [-0.3, -0.25) is 9.69 Å². The van der Waals surface area contributed by atoms with Gasteiger partial charge in [-0.15, -0.1) is 5.10 Å². The molecule has 7 nitrogen and oxygen atoms in total. The minimum atomic E-state index is -0.197. The maximum atomic E-state index is 12.9. The van der Waals surface area contributed by atoms with Gasteiger partial charge in [-0.1, -0.05) is 65.9 Å². The average Bonchev–Trinajstić information content (AvgIpc) is 3.25. The van der Waals surface area contributed by atoms with Gasteiger partial charge < -0.3 is 10.2 Å². The van der Waals surface area contributed by atoms with Crippen LogP contribution in [-0.2, 0) is 6.54 Å². The first kappa shape index (κ1) is 20.3. The Morgan fingerprint density at radius 3 is 2.37 bits per heavy atom. The smallest absolute Gasteiger partial charge is 0.273 e. The van der Waals surface area contributed by atoms with Gasteiger partial charge in [-0.05, 0) is 18.2 Å². The number of carbonyl (C=O) groups is 1. The highest BCUT2D eigenvalue weighted by atomic mass is 16.2. The van der Waals surface area contributed by atoms with E-state index in [-0.39, 0.29) is 11.9 Å². The molecule has 1 amide bonds. The maximum absolute atomic E-state index is 12.9. The number of nitrogens with zero attached hydrogens (tertiary/aromatic N) is 5. The van der Waals surface area contributed by atoms with Gasteiger partial charge in [0.15, 0.2) is 5.69 Å². The number of hydrogen-bond acceptors (Lipinski definition) is 5. The molecule has 2 heterocycles. The summed E-state index contributed by atoms with van der Waals surface area (Å²) in [4.78, 5) is 17.7. The van der Waals surface area contributed by atoms with E-state index in [0.29, 0.717) is 12.2 Å². The topological polar surface area (TPSA) is 66.3 Å². The fourth-order valence-electron chi connectivity index (χ4n) is 3.69. The summed E-state index contributed by atoms with van der Waals surface area (Å²) in [7, 11) is 2.15. The highest BCUT2D eigenvalue weighted by Crippen LogP contribution is 2.16. The quantitative estimate of drug-likeness (QED) is 0.653. The molecule has 1 saturated heterocycles. The van der Waals surface area contributed by atoms with Crippen LogP contribution in [0.5, 0.6) is 0 Å². The van der Waals surface area contributed by atoms with Crippen molar-refractivity contribution in [1.29, 1.82) is 0 Å². The van der Waals surface area contributed by atoms with Crippen LogP contribution in [0.4, 0.5) is 0 Å². The van der Waals surface area contributed by atoms with Crippen LogP contribution < -0.4 is 5.32 Å². The van der Waals surface area contributed by atoms with Crippen LogP contribution in [0.15, 0.2) is 66.9 Å². The predicted molar refractivity (Wildman–Crippen MR) is 116 cm³/mol. The third kappa shape index (κ3) is 5.31. The van der Waals surface area contributed by atoms with E-state index in [0.717, 1.165) is 43.9 Å². The zero-order chi connectivity index (χ0) is 20.8. The molecule has 0 radical (unpaired) electrons. The molecule has 0 spiro atoms. The van der Waals surface area contributed by atoms with E-state index < -0.39 is 0 Å². The van der Waals surface area contributed by atoms with Crippen LogP contribution in [0.25, 0.3) is 0 Å². The minimum absolute atomic E-state index is 0.0959. The first-order chi connectivity index (χ1) is 14.7. The summed E-state index contributed by atoms with van der Waals surface area (Å²) in [5.74, 6) is -0.197. The van der Waals surface area contributed by atoms with Crippen LogP contribution >= 0.6 is 0 Å². The van der Waals surface area contributed by atoms with Crippen molar-refractivity contribution in [2.24, 2.45) is 0 Å². The Morgan fingerprint density at radius 1 is 1.00 bits per heavy atom. The number of carbonyl (C=O) groups excluding carboxylic acids is 1. The van der Waals surface area contributed by atoms with Crippen LogP contribution in [0.2, 0.25) is 0 Å². The van der Waals surface area contributed by atoms with Crippen molar-refractivity contribution in [2.45, 2.75) is 12.6 Å². The first-order valence-electron chi connectivity index (χ1n) is 10.4. The van der Waals surface area contributed by atoms with Crippen molar-refractivity contribution < 1.29 is 4.79 Å². The molecule has 7 heteroatoms. The Labute approximate surface area is 177 Å². The molecule has 0 saturated carbocycles. The SMILES string of the molecule is CN1CCN(CC(NC(=O)c2cn(Cc3ccccc3)nn2)c2ccccc2)CC1. The molecule has 1 aliphatic heterocycles.